The van der Waals surface area contributed by atoms with Crippen molar-refractivity contribution in [2.24, 2.45) is 0 Å². The number of hydroxylamine groups is 2. The Morgan fingerprint density at radius 1 is 0.929 bits per heavy atom. The van der Waals surface area contributed by atoms with Gasteiger partial charge in [0, 0.05) is 38.1 Å². The van der Waals surface area contributed by atoms with Gasteiger partial charge in [0.15, 0.2) is 0 Å². The summed E-state index contributed by atoms with van der Waals surface area (Å²) in [5.74, 6) is 0.794. The SMILES string of the molecule is CN(C)c1ccc(/C=C/c2ccc(NCC(C)(C)N(O)C(C)(C)C)nc2)cc1. The molecule has 2 aromatic rings. The predicted molar refractivity (Wildman–Crippen MR) is 120 cm³/mol. The van der Waals surface area contributed by atoms with E-state index in [4.69, 9.17) is 0 Å². The molecule has 1 heterocycles. The molecule has 0 aliphatic rings. The summed E-state index contributed by atoms with van der Waals surface area (Å²) < 4.78 is 0. The number of hydrogen-bond acceptors (Lipinski definition) is 5. The monoisotopic (exact) mass is 382 g/mol. The summed E-state index contributed by atoms with van der Waals surface area (Å²) in [6.07, 6.45) is 5.99. The van der Waals surface area contributed by atoms with Crippen LogP contribution in [0.15, 0.2) is 42.6 Å². The Balaban J connectivity index is 1.96. The van der Waals surface area contributed by atoms with Crippen LogP contribution in [0.2, 0.25) is 0 Å². The third kappa shape index (κ3) is 6.08. The highest BCUT2D eigenvalue weighted by Crippen LogP contribution is 2.23. The van der Waals surface area contributed by atoms with Gasteiger partial charge in [-0.25, -0.2) is 4.98 Å². The van der Waals surface area contributed by atoms with Gasteiger partial charge in [-0.15, -0.1) is 0 Å². The smallest absolute Gasteiger partial charge is 0.125 e. The molecule has 0 aliphatic heterocycles. The first-order valence-corrected chi connectivity index (χ1v) is 9.64. The van der Waals surface area contributed by atoms with Crippen LogP contribution in [0.4, 0.5) is 11.5 Å². The molecule has 0 amide bonds. The quantitative estimate of drug-likeness (QED) is 0.660. The third-order valence-corrected chi connectivity index (χ3v) is 4.57. The van der Waals surface area contributed by atoms with Crippen molar-refractivity contribution in [2.75, 3.05) is 30.9 Å². The largest absolute Gasteiger partial charge is 0.378 e. The zero-order valence-corrected chi connectivity index (χ0v) is 18.2. The fourth-order valence-corrected chi connectivity index (χ4v) is 2.97. The maximum Gasteiger partial charge on any atom is 0.125 e. The number of rotatable bonds is 7. The number of hydrogen-bond donors (Lipinski definition) is 2. The van der Waals surface area contributed by atoms with Crippen LogP contribution in [-0.2, 0) is 0 Å². The first-order valence-electron chi connectivity index (χ1n) is 9.64. The van der Waals surface area contributed by atoms with E-state index in [1.54, 1.807) is 0 Å². The van der Waals surface area contributed by atoms with Gasteiger partial charge in [0.25, 0.3) is 0 Å². The third-order valence-electron chi connectivity index (χ3n) is 4.57. The second kappa shape index (κ2) is 8.76. The minimum absolute atomic E-state index is 0.321. The van der Waals surface area contributed by atoms with Crippen LogP contribution in [0.25, 0.3) is 12.2 Å². The second-order valence-corrected chi connectivity index (χ2v) is 8.94. The molecule has 0 aliphatic carbocycles. The van der Waals surface area contributed by atoms with Crippen molar-refractivity contribution >= 4 is 23.7 Å². The molecule has 5 nitrogen and oxygen atoms in total. The van der Waals surface area contributed by atoms with Crippen LogP contribution in [0.1, 0.15) is 45.7 Å². The molecule has 0 unspecified atom stereocenters. The van der Waals surface area contributed by atoms with Gasteiger partial charge >= 0.3 is 0 Å². The molecular formula is C23H34N4O. The van der Waals surface area contributed by atoms with Gasteiger partial charge in [0.05, 0.1) is 5.54 Å². The average Bonchev–Trinajstić information content (AvgIpc) is 2.64. The van der Waals surface area contributed by atoms with Crippen molar-refractivity contribution in [1.82, 2.24) is 10.0 Å². The molecular weight excluding hydrogens is 348 g/mol. The number of nitrogens with zero attached hydrogens (tertiary/aromatic N) is 3. The van der Waals surface area contributed by atoms with Crippen molar-refractivity contribution < 1.29 is 5.21 Å². The first kappa shape index (κ1) is 21.9. The number of nitrogens with one attached hydrogen (secondary N) is 1. The number of anilines is 2. The Bertz CT molecular complexity index is 772. The maximum atomic E-state index is 10.4. The lowest BCUT2D eigenvalue weighted by Gasteiger charge is -2.42. The highest BCUT2D eigenvalue weighted by molar-refractivity contribution is 5.70. The van der Waals surface area contributed by atoms with Crippen LogP contribution in [0.3, 0.4) is 0 Å². The predicted octanol–water partition coefficient (Wildman–Crippen LogP) is 5.00. The summed E-state index contributed by atoms with van der Waals surface area (Å²) in [6.45, 7) is 10.6. The van der Waals surface area contributed by atoms with E-state index in [9.17, 15) is 5.21 Å². The van der Waals surface area contributed by atoms with E-state index < -0.39 is 5.54 Å². The lowest BCUT2D eigenvalue weighted by atomic mass is 9.98. The zero-order chi connectivity index (χ0) is 20.9. The van der Waals surface area contributed by atoms with Gasteiger partial charge in [0.1, 0.15) is 5.82 Å². The van der Waals surface area contributed by atoms with Gasteiger partial charge < -0.3 is 15.4 Å². The summed E-state index contributed by atoms with van der Waals surface area (Å²) in [5.41, 5.74) is 2.64. The molecule has 0 spiro atoms. The minimum atomic E-state index is -0.419. The summed E-state index contributed by atoms with van der Waals surface area (Å²) in [4.78, 5) is 6.57. The van der Waals surface area contributed by atoms with Crippen molar-refractivity contribution in [3.63, 3.8) is 0 Å². The van der Waals surface area contributed by atoms with E-state index in [2.05, 4.69) is 51.6 Å². The van der Waals surface area contributed by atoms with Crippen LogP contribution < -0.4 is 10.2 Å². The molecule has 152 valence electrons. The Morgan fingerprint density at radius 3 is 2.00 bits per heavy atom. The van der Waals surface area contributed by atoms with E-state index in [0.717, 1.165) is 16.9 Å². The van der Waals surface area contributed by atoms with Crippen LogP contribution in [0, 0.1) is 0 Å². The number of aromatic nitrogens is 1. The molecule has 2 rings (SSSR count). The zero-order valence-electron chi connectivity index (χ0n) is 18.2. The van der Waals surface area contributed by atoms with Crippen molar-refractivity contribution in [1.29, 1.82) is 0 Å². The molecule has 0 radical (unpaired) electrons. The van der Waals surface area contributed by atoms with Crippen LogP contribution in [-0.4, -0.2) is 47.0 Å². The van der Waals surface area contributed by atoms with Crippen LogP contribution in [0.5, 0.6) is 0 Å². The number of pyridine rings is 1. The van der Waals surface area contributed by atoms with Gasteiger partial charge in [0.2, 0.25) is 0 Å². The fourth-order valence-electron chi connectivity index (χ4n) is 2.97. The summed E-state index contributed by atoms with van der Waals surface area (Å²) >= 11 is 0. The molecule has 0 bridgehead atoms. The lowest BCUT2D eigenvalue weighted by Crippen LogP contribution is -2.55. The second-order valence-electron chi connectivity index (χ2n) is 8.94. The molecule has 0 atom stereocenters. The van der Waals surface area contributed by atoms with E-state index in [0.29, 0.717) is 6.54 Å². The van der Waals surface area contributed by atoms with Gasteiger partial charge in [-0.2, -0.15) is 5.06 Å². The van der Waals surface area contributed by atoms with Crippen molar-refractivity contribution in [2.45, 2.75) is 45.7 Å². The Hall–Kier alpha value is -2.37. The molecule has 0 fully saturated rings. The molecule has 1 aromatic carbocycles. The molecule has 0 saturated heterocycles. The molecule has 28 heavy (non-hydrogen) atoms. The first-order chi connectivity index (χ1) is 13.0. The van der Waals surface area contributed by atoms with E-state index in [-0.39, 0.29) is 5.54 Å². The molecule has 5 heteroatoms. The maximum absolute atomic E-state index is 10.4. The Kier molecular flexibility index (Phi) is 6.86. The van der Waals surface area contributed by atoms with E-state index in [1.807, 2.05) is 67.0 Å². The Morgan fingerprint density at radius 2 is 1.50 bits per heavy atom. The summed E-state index contributed by atoms with van der Waals surface area (Å²) in [7, 11) is 4.07. The Labute approximate surface area is 169 Å². The van der Waals surface area contributed by atoms with Gasteiger partial charge in [-0.3, -0.25) is 0 Å². The normalized spacial score (nSPS) is 12.6. The van der Waals surface area contributed by atoms with Gasteiger partial charge in [-0.05, 0) is 70.0 Å². The topological polar surface area (TPSA) is 51.6 Å². The average molecular weight is 383 g/mol. The fraction of sp³-hybridized carbons (Fsp3) is 0.435. The molecule has 2 N–H and O–H groups in total. The summed E-state index contributed by atoms with van der Waals surface area (Å²) in [6, 6.07) is 12.4. The minimum Gasteiger partial charge on any atom is -0.378 e. The molecule has 0 saturated carbocycles. The van der Waals surface area contributed by atoms with E-state index >= 15 is 0 Å². The van der Waals surface area contributed by atoms with Crippen LogP contribution >= 0.6 is 0 Å². The van der Waals surface area contributed by atoms with Gasteiger partial charge in [-0.1, -0.05) is 24.3 Å². The summed E-state index contributed by atoms with van der Waals surface area (Å²) in [5, 5.41) is 15.1. The molecule has 1 aromatic heterocycles. The highest BCUT2D eigenvalue weighted by Gasteiger charge is 2.33. The van der Waals surface area contributed by atoms with Crippen molar-refractivity contribution in [3.05, 3.63) is 53.7 Å². The lowest BCUT2D eigenvalue weighted by molar-refractivity contribution is -0.213. The van der Waals surface area contributed by atoms with Crippen molar-refractivity contribution in [3.8, 4) is 0 Å². The number of benzene rings is 1. The standard InChI is InChI=1S/C23H34N4O/c1-22(2,3)27(28)23(4,5)17-25-21-15-12-19(16-24-21)9-8-18-10-13-20(14-11-18)26(6)7/h8-16,28H,17H2,1-7H3,(H,24,25)/b9-8+. The highest BCUT2D eigenvalue weighted by atomic mass is 16.5. The van der Waals surface area contributed by atoms with E-state index in [1.165, 1.54) is 10.8 Å².